The van der Waals surface area contributed by atoms with E-state index >= 15 is 0 Å². The van der Waals surface area contributed by atoms with Crippen LogP contribution >= 0.6 is 0 Å². The first-order chi connectivity index (χ1) is 6.75. The second-order valence-electron chi connectivity index (χ2n) is 2.94. The number of H-pyrrole nitrogens is 1. The molecule has 0 aliphatic carbocycles. The molecule has 14 heavy (non-hydrogen) atoms. The van der Waals surface area contributed by atoms with Crippen molar-refractivity contribution in [1.82, 2.24) is 4.98 Å². The van der Waals surface area contributed by atoms with E-state index in [1.807, 2.05) is 0 Å². The van der Waals surface area contributed by atoms with Crippen LogP contribution in [0, 0.1) is 5.82 Å². The number of anilines is 3. The van der Waals surface area contributed by atoms with E-state index < -0.39 is 0 Å². The molecule has 0 aliphatic heterocycles. The molecule has 0 aliphatic rings. The van der Waals surface area contributed by atoms with Gasteiger partial charge in [0.15, 0.2) is 0 Å². The molecule has 0 saturated carbocycles. The summed E-state index contributed by atoms with van der Waals surface area (Å²) < 4.78 is 12.6. The standard InChI is InChI=1S/C10H10FN3/c11-7-1-3-8(4-2-7)14-10-9(12)5-6-13-10/h1-6,13-14H,12H2. The highest BCUT2D eigenvalue weighted by Gasteiger charge is 1.99. The summed E-state index contributed by atoms with van der Waals surface area (Å²) in [7, 11) is 0. The van der Waals surface area contributed by atoms with E-state index in [2.05, 4.69) is 10.3 Å². The molecular weight excluding hydrogens is 181 g/mol. The second-order valence-corrected chi connectivity index (χ2v) is 2.94. The van der Waals surface area contributed by atoms with Gasteiger partial charge >= 0.3 is 0 Å². The Hall–Kier alpha value is -1.97. The Balaban J connectivity index is 2.19. The van der Waals surface area contributed by atoms with Gasteiger partial charge in [0.25, 0.3) is 0 Å². The summed E-state index contributed by atoms with van der Waals surface area (Å²) in [4.78, 5) is 2.94. The van der Waals surface area contributed by atoms with Crippen molar-refractivity contribution in [2.45, 2.75) is 0 Å². The van der Waals surface area contributed by atoms with Gasteiger partial charge in [0.2, 0.25) is 0 Å². The van der Waals surface area contributed by atoms with Gasteiger partial charge in [0.05, 0.1) is 5.69 Å². The molecule has 0 atom stereocenters. The van der Waals surface area contributed by atoms with Crippen molar-refractivity contribution < 1.29 is 4.39 Å². The van der Waals surface area contributed by atoms with Crippen LogP contribution in [0.25, 0.3) is 0 Å². The Morgan fingerprint density at radius 3 is 2.43 bits per heavy atom. The van der Waals surface area contributed by atoms with Crippen molar-refractivity contribution in [2.24, 2.45) is 0 Å². The predicted octanol–water partition coefficient (Wildman–Crippen LogP) is 2.48. The molecule has 0 amide bonds. The van der Waals surface area contributed by atoms with Crippen LogP contribution in [0.1, 0.15) is 0 Å². The van der Waals surface area contributed by atoms with Crippen LogP contribution in [0.4, 0.5) is 21.6 Å². The maximum Gasteiger partial charge on any atom is 0.131 e. The third-order valence-corrected chi connectivity index (χ3v) is 1.89. The van der Waals surface area contributed by atoms with Gasteiger partial charge in [-0.2, -0.15) is 0 Å². The average molecular weight is 191 g/mol. The van der Waals surface area contributed by atoms with E-state index in [0.29, 0.717) is 5.69 Å². The van der Waals surface area contributed by atoms with Crippen molar-refractivity contribution in [1.29, 1.82) is 0 Å². The van der Waals surface area contributed by atoms with Gasteiger partial charge in [0.1, 0.15) is 11.6 Å². The van der Waals surface area contributed by atoms with Gasteiger partial charge in [-0.05, 0) is 30.3 Å². The zero-order valence-electron chi connectivity index (χ0n) is 7.42. The first-order valence-electron chi connectivity index (χ1n) is 4.21. The molecule has 72 valence electrons. The van der Waals surface area contributed by atoms with Crippen LogP contribution in [-0.2, 0) is 0 Å². The molecule has 0 radical (unpaired) electrons. The zero-order valence-corrected chi connectivity index (χ0v) is 7.42. The van der Waals surface area contributed by atoms with Crippen molar-refractivity contribution >= 4 is 17.2 Å². The number of nitrogen functional groups attached to an aromatic ring is 1. The van der Waals surface area contributed by atoms with Gasteiger partial charge in [0, 0.05) is 11.9 Å². The van der Waals surface area contributed by atoms with E-state index in [4.69, 9.17) is 5.73 Å². The number of halogens is 1. The van der Waals surface area contributed by atoms with E-state index in [9.17, 15) is 4.39 Å². The highest BCUT2D eigenvalue weighted by molar-refractivity contribution is 5.68. The van der Waals surface area contributed by atoms with Crippen molar-refractivity contribution in [2.75, 3.05) is 11.1 Å². The highest BCUT2D eigenvalue weighted by Crippen LogP contribution is 2.20. The molecular formula is C10H10FN3. The third kappa shape index (κ3) is 1.69. The van der Waals surface area contributed by atoms with Crippen LogP contribution in [-0.4, -0.2) is 4.98 Å². The lowest BCUT2D eigenvalue weighted by molar-refractivity contribution is 0.628. The van der Waals surface area contributed by atoms with Crippen LogP contribution in [0.5, 0.6) is 0 Å². The van der Waals surface area contributed by atoms with E-state index in [-0.39, 0.29) is 5.82 Å². The zero-order chi connectivity index (χ0) is 9.97. The summed E-state index contributed by atoms with van der Waals surface area (Å²) in [5.74, 6) is 0.464. The molecule has 0 saturated heterocycles. The minimum atomic E-state index is -0.255. The quantitative estimate of drug-likeness (QED) is 0.683. The van der Waals surface area contributed by atoms with Gasteiger partial charge < -0.3 is 16.0 Å². The average Bonchev–Trinajstić information content (AvgIpc) is 2.56. The van der Waals surface area contributed by atoms with Gasteiger partial charge in [-0.25, -0.2) is 4.39 Å². The van der Waals surface area contributed by atoms with Crippen LogP contribution in [0.2, 0.25) is 0 Å². The van der Waals surface area contributed by atoms with Crippen LogP contribution in [0.3, 0.4) is 0 Å². The Kier molecular flexibility index (Phi) is 2.10. The van der Waals surface area contributed by atoms with Crippen molar-refractivity contribution in [3.63, 3.8) is 0 Å². The maximum atomic E-state index is 12.6. The fourth-order valence-corrected chi connectivity index (χ4v) is 1.17. The molecule has 4 N–H and O–H groups in total. The molecule has 0 fully saturated rings. The lowest BCUT2D eigenvalue weighted by atomic mass is 10.3. The number of aromatic nitrogens is 1. The van der Waals surface area contributed by atoms with Crippen LogP contribution < -0.4 is 11.1 Å². The molecule has 1 aromatic carbocycles. The molecule has 1 heterocycles. The molecule has 1 aromatic heterocycles. The van der Waals surface area contributed by atoms with E-state index in [1.54, 1.807) is 24.4 Å². The third-order valence-electron chi connectivity index (χ3n) is 1.89. The Bertz CT molecular complexity index is 419. The SMILES string of the molecule is Nc1cc[nH]c1Nc1ccc(F)cc1. The number of aromatic amines is 1. The summed E-state index contributed by atoms with van der Waals surface area (Å²) in [6.45, 7) is 0. The Labute approximate surface area is 80.8 Å². The fraction of sp³-hybridized carbons (Fsp3) is 0. The predicted molar refractivity (Wildman–Crippen MR) is 54.9 cm³/mol. The molecule has 0 unspecified atom stereocenters. The minimum absolute atomic E-state index is 0.255. The molecule has 0 spiro atoms. The number of benzene rings is 1. The molecule has 2 rings (SSSR count). The van der Waals surface area contributed by atoms with Crippen molar-refractivity contribution in [3.05, 3.63) is 42.3 Å². The summed E-state index contributed by atoms with van der Waals surface area (Å²) >= 11 is 0. The van der Waals surface area contributed by atoms with Gasteiger partial charge in [-0.15, -0.1) is 0 Å². The summed E-state index contributed by atoms with van der Waals surface area (Å²) in [6.07, 6.45) is 1.74. The number of rotatable bonds is 2. The van der Waals surface area contributed by atoms with Crippen molar-refractivity contribution in [3.8, 4) is 0 Å². The molecule has 3 nitrogen and oxygen atoms in total. The largest absolute Gasteiger partial charge is 0.396 e. The fourth-order valence-electron chi connectivity index (χ4n) is 1.17. The minimum Gasteiger partial charge on any atom is -0.396 e. The normalized spacial score (nSPS) is 10.1. The number of nitrogens with two attached hydrogens (primary N) is 1. The topological polar surface area (TPSA) is 53.8 Å². The smallest absolute Gasteiger partial charge is 0.131 e. The lowest BCUT2D eigenvalue weighted by Crippen LogP contribution is -1.94. The number of hydrogen-bond donors (Lipinski definition) is 3. The van der Waals surface area contributed by atoms with Gasteiger partial charge in [-0.1, -0.05) is 0 Å². The maximum absolute atomic E-state index is 12.6. The highest BCUT2D eigenvalue weighted by atomic mass is 19.1. The van der Waals surface area contributed by atoms with Crippen LogP contribution in [0.15, 0.2) is 36.5 Å². The lowest BCUT2D eigenvalue weighted by Gasteiger charge is -2.04. The number of nitrogens with one attached hydrogen (secondary N) is 2. The molecule has 0 bridgehead atoms. The molecule has 4 heteroatoms. The first-order valence-corrected chi connectivity index (χ1v) is 4.21. The van der Waals surface area contributed by atoms with Gasteiger partial charge in [-0.3, -0.25) is 0 Å². The first kappa shape index (κ1) is 8.62. The Morgan fingerprint density at radius 1 is 1.14 bits per heavy atom. The second kappa shape index (κ2) is 3.41. The monoisotopic (exact) mass is 191 g/mol. The Morgan fingerprint density at radius 2 is 1.86 bits per heavy atom. The summed E-state index contributed by atoms with van der Waals surface area (Å²) in [6, 6.07) is 7.83. The van der Waals surface area contributed by atoms with E-state index in [1.165, 1.54) is 12.1 Å². The molecule has 2 aromatic rings. The van der Waals surface area contributed by atoms with E-state index in [0.717, 1.165) is 11.5 Å². The summed E-state index contributed by atoms with van der Waals surface area (Å²) in [5.41, 5.74) is 7.08. The summed E-state index contributed by atoms with van der Waals surface area (Å²) in [5, 5.41) is 3.03. The number of hydrogen-bond acceptors (Lipinski definition) is 2.